The van der Waals surface area contributed by atoms with E-state index in [4.69, 9.17) is 9.47 Å². The van der Waals surface area contributed by atoms with Crippen LogP contribution in [-0.2, 0) is 25.7 Å². The van der Waals surface area contributed by atoms with Crippen LogP contribution >= 0.6 is 0 Å². The lowest BCUT2D eigenvalue weighted by atomic mass is 9.77. The highest BCUT2D eigenvalue weighted by Gasteiger charge is 2.69. The number of rotatable bonds is 8. The normalized spacial score (nSPS) is 25.5. The van der Waals surface area contributed by atoms with E-state index in [0.717, 1.165) is 4.90 Å². The van der Waals surface area contributed by atoms with Crippen LogP contribution in [0.2, 0.25) is 0 Å². The van der Waals surface area contributed by atoms with Crippen molar-refractivity contribution in [2.45, 2.75) is 31.5 Å². The number of benzene rings is 2. The second kappa shape index (κ2) is 9.03. The van der Waals surface area contributed by atoms with Gasteiger partial charge in [-0.15, -0.1) is 0 Å². The van der Waals surface area contributed by atoms with E-state index in [1.807, 2.05) is 0 Å². The molecule has 2 fully saturated rings. The van der Waals surface area contributed by atoms with Crippen LogP contribution in [0, 0.1) is 18.8 Å². The summed E-state index contributed by atoms with van der Waals surface area (Å²) in [4.78, 5) is 52.6. The van der Waals surface area contributed by atoms with E-state index in [0.29, 0.717) is 28.2 Å². The van der Waals surface area contributed by atoms with Crippen LogP contribution < -0.4 is 14.8 Å². The standard InChI is InChI=1S/C25H26N2O8/c1-13-16(34-2)10-9-15(21(13)35-3)20-18-19(25(26-20,24(32)33)11-17(28)29)23(31)27(22(18)30)12-14-7-5-4-6-8-14/h4-10,18-20,26H,11-12H2,1-3H3,(H,28,29)(H,32,33). The summed E-state index contributed by atoms with van der Waals surface area (Å²) in [5.74, 6) is -5.86. The molecule has 0 aromatic heterocycles. The number of carbonyl (C=O) groups is 4. The molecule has 0 aliphatic carbocycles. The molecule has 184 valence electrons. The van der Waals surface area contributed by atoms with E-state index < -0.39 is 53.6 Å². The highest BCUT2D eigenvalue weighted by atomic mass is 16.5. The van der Waals surface area contributed by atoms with E-state index >= 15 is 0 Å². The van der Waals surface area contributed by atoms with Gasteiger partial charge in [0.1, 0.15) is 17.0 Å². The van der Waals surface area contributed by atoms with Crippen LogP contribution in [0.15, 0.2) is 42.5 Å². The summed E-state index contributed by atoms with van der Waals surface area (Å²) in [5.41, 5.74) is -0.430. The Morgan fingerprint density at radius 3 is 2.29 bits per heavy atom. The topological polar surface area (TPSA) is 142 Å². The van der Waals surface area contributed by atoms with Crippen molar-refractivity contribution in [3.8, 4) is 11.5 Å². The average Bonchev–Trinajstić information content (AvgIpc) is 3.29. The van der Waals surface area contributed by atoms with Gasteiger partial charge in [-0.1, -0.05) is 36.4 Å². The lowest BCUT2D eigenvalue weighted by Gasteiger charge is -2.30. The number of carboxylic acids is 2. The molecular weight excluding hydrogens is 456 g/mol. The number of amides is 2. The maximum atomic E-state index is 13.6. The summed E-state index contributed by atoms with van der Waals surface area (Å²) >= 11 is 0. The first kappa shape index (κ1) is 24.2. The molecule has 0 saturated carbocycles. The predicted octanol–water partition coefficient (Wildman–Crippen LogP) is 1.76. The number of carboxylic acid groups (broad SMARTS) is 2. The molecule has 0 spiro atoms. The van der Waals surface area contributed by atoms with Crippen molar-refractivity contribution in [3.63, 3.8) is 0 Å². The van der Waals surface area contributed by atoms with Gasteiger partial charge < -0.3 is 19.7 Å². The molecule has 4 atom stereocenters. The van der Waals surface area contributed by atoms with Gasteiger partial charge in [-0.25, -0.2) is 0 Å². The molecule has 0 radical (unpaired) electrons. The van der Waals surface area contributed by atoms with Crippen LogP contribution in [-0.4, -0.2) is 58.6 Å². The SMILES string of the molecule is COc1ccc(C2NC(CC(=O)O)(C(=O)O)C3C(=O)N(Cc4ccccc4)C(=O)C23)c(OC)c1C. The van der Waals surface area contributed by atoms with Gasteiger partial charge >= 0.3 is 11.9 Å². The molecule has 10 heteroatoms. The molecule has 2 aliphatic heterocycles. The monoisotopic (exact) mass is 482 g/mol. The summed E-state index contributed by atoms with van der Waals surface area (Å²) in [5, 5.41) is 22.7. The third-order valence-electron chi connectivity index (χ3n) is 6.89. The minimum atomic E-state index is -2.18. The minimum Gasteiger partial charge on any atom is -0.496 e. The number of hydrogen-bond donors (Lipinski definition) is 3. The molecule has 2 heterocycles. The zero-order valence-corrected chi connectivity index (χ0v) is 19.5. The Morgan fingerprint density at radius 2 is 1.71 bits per heavy atom. The van der Waals surface area contributed by atoms with E-state index in [2.05, 4.69) is 5.32 Å². The first-order chi connectivity index (χ1) is 16.7. The Morgan fingerprint density at radius 1 is 1.03 bits per heavy atom. The Bertz CT molecular complexity index is 1200. The second-order valence-electron chi connectivity index (χ2n) is 8.74. The van der Waals surface area contributed by atoms with Gasteiger partial charge in [0.15, 0.2) is 0 Å². The zero-order chi connectivity index (χ0) is 25.5. The van der Waals surface area contributed by atoms with Crippen LogP contribution in [0.4, 0.5) is 0 Å². The maximum Gasteiger partial charge on any atom is 0.325 e. The van der Waals surface area contributed by atoms with Gasteiger partial charge in [0, 0.05) is 17.2 Å². The molecule has 2 aliphatic rings. The van der Waals surface area contributed by atoms with Crippen LogP contribution in [0.1, 0.15) is 29.2 Å². The molecular formula is C25H26N2O8. The molecule has 35 heavy (non-hydrogen) atoms. The third-order valence-corrected chi connectivity index (χ3v) is 6.89. The quantitative estimate of drug-likeness (QED) is 0.480. The summed E-state index contributed by atoms with van der Waals surface area (Å²) in [6.45, 7) is 1.71. The molecule has 4 unspecified atom stereocenters. The Balaban J connectivity index is 1.86. The van der Waals surface area contributed by atoms with Gasteiger partial charge in [0.05, 0.1) is 39.0 Å². The van der Waals surface area contributed by atoms with Crippen molar-refractivity contribution in [2.75, 3.05) is 14.2 Å². The molecule has 2 amide bonds. The summed E-state index contributed by atoms with van der Waals surface area (Å²) in [7, 11) is 2.93. The number of fused-ring (bicyclic) bond motifs is 1. The van der Waals surface area contributed by atoms with Gasteiger partial charge in [-0.3, -0.25) is 29.4 Å². The number of ether oxygens (including phenoxy) is 2. The Labute approximate surface area is 201 Å². The van der Waals surface area contributed by atoms with E-state index in [9.17, 15) is 29.4 Å². The van der Waals surface area contributed by atoms with Gasteiger partial charge in [0.2, 0.25) is 11.8 Å². The Hall–Kier alpha value is -3.92. The average molecular weight is 482 g/mol. The van der Waals surface area contributed by atoms with E-state index in [1.54, 1.807) is 49.4 Å². The summed E-state index contributed by atoms with van der Waals surface area (Å²) in [6.07, 6.45) is -0.879. The van der Waals surface area contributed by atoms with Crippen molar-refractivity contribution in [3.05, 3.63) is 59.2 Å². The smallest absolute Gasteiger partial charge is 0.325 e. The predicted molar refractivity (Wildman–Crippen MR) is 122 cm³/mol. The van der Waals surface area contributed by atoms with Crippen LogP contribution in [0.3, 0.4) is 0 Å². The number of likely N-dealkylation sites (tertiary alicyclic amines) is 1. The summed E-state index contributed by atoms with van der Waals surface area (Å²) in [6, 6.07) is 11.1. The van der Waals surface area contributed by atoms with Crippen molar-refractivity contribution in [1.82, 2.24) is 10.2 Å². The molecule has 2 aromatic carbocycles. The number of hydrogen-bond acceptors (Lipinski definition) is 7. The first-order valence-electron chi connectivity index (χ1n) is 11.0. The largest absolute Gasteiger partial charge is 0.496 e. The summed E-state index contributed by atoms with van der Waals surface area (Å²) < 4.78 is 10.9. The number of imide groups is 1. The fourth-order valence-corrected chi connectivity index (χ4v) is 5.36. The lowest BCUT2D eigenvalue weighted by Crippen LogP contribution is -2.56. The number of nitrogens with one attached hydrogen (secondary N) is 1. The maximum absolute atomic E-state index is 13.6. The third kappa shape index (κ3) is 3.79. The van der Waals surface area contributed by atoms with Crippen LogP contribution in [0.25, 0.3) is 0 Å². The number of nitrogens with zero attached hydrogens (tertiary/aromatic N) is 1. The zero-order valence-electron chi connectivity index (χ0n) is 19.5. The van der Waals surface area contributed by atoms with Gasteiger partial charge in [-0.2, -0.15) is 0 Å². The number of carbonyl (C=O) groups excluding carboxylic acids is 2. The van der Waals surface area contributed by atoms with Crippen molar-refractivity contribution in [1.29, 1.82) is 0 Å². The molecule has 2 aromatic rings. The molecule has 4 rings (SSSR count). The second-order valence-corrected chi connectivity index (χ2v) is 8.74. The number of aliphatic carboxylic acids is 2. The molecule has 10 nitrogen and oxygen atoms in total. The number of methoxy groups -OCH3 is 2. The van der Waals surface area contributed by atoms with Gasteiger partial charge in [-0.05, 0) is 18.6 Å². The van der Waals surface area contributed by atoms with Gasteiger partial charge in [0.25, 0.3) is 0 Å². The van der Waals surface area contributed by atoms with Crippen molar-refractivity contribution in [2.24, 2.45) is 11.8 Å². The highest BCUT2D eigenvalue weighted by molar-refractivity contribution is 6.10. The van der Waals surface area contributed by atoms with Crippen LogP contribution in [0.5, 0.6) is 11.5 Å². The molecule has 2 saturated heterocycles. The highest BCUT2D eigenvalue weighted by Crippen LogP contribution is 2.52. The minimum absolute atomic E-state index is 0.0419. The van der Waals surface area contributed by atoms with Crippen molar-refractivity contribution >= 4 is 23.8 Å². The fourth-order valence-electron chi connectivity index (χ4n) is 5.36. The fraction of sp³-hybridized carbons (Fsp3) is 0.360. The molecule has 3 N–H and O–H groups in total. The van der Waals surface area contributed by atoms with Crippen molar-refractivity contribution < 1.29 is 38.9 Å². The first-order valence-corrected chi connectivity index (χ1v) is 11.0. The Kier molecular flexibility index (Phi) is 6.25. The van der Waals surface area contributed by atoms with E-state index in [-0.39, 0.29) is 6.54 Å². The lowest BCUT2D eigenvalue weighted by molar-refractivity contribution is -0.156. The molecule has 0 bridgehead atoms. The van der Waals surface area contributed by atoms with E-state index in [1.165, 1.54) is 14.2 Å².